The van der Waals surface area contributed by atoms with Gasteiger partial charge in [0.25, 0.3) is 0 Å². The van der Waals surface area contributed by atoms with Crippen LogP contribution in [0.15, 0.2) is 12.3 Å². The summed E-state index contributed by atoms with van der Waals surface area (Å²) < 4.78 is 4.27. The Kier molecular flexibility index (Phi) is 4.06. The molecular weight excluding hydrogens is 334 g/mol. The highest BCUT2D eigenvalue weighted by Crippen LogP contribution is 2.38. The molecule has 4 rings (SSSR count). The maximum absolute atomic E-state index is 9.22. The molecule has 0 radical (unpaired) electrons. The molecule has 0 spiro atoms. The number of nitrogens with zero attached hydrogens (tertiary/aromatic N) is 6. The van der Waals surface area contributed by atoms with Crippen LogP contribution in [0.5, 0.6) is 0 Å². The van der Waals surface area contributed by atoms with Crippen LogP contribution >= 0.6 is 11.5 Å². The van der Waals surface area contributed by atoms with Gasteiger partial charge in [-0.15, -0.1) is 0 Å². The van der Waals surface area contributed by atoms with E-state index in [4.69, 9.17) is 4.98 Å². The molecule has 2 saturated heterocycles. The first-order valence-corrected chi connectivity index (χ1v) is 9.28. The standard InChI is InChI=1S/C17H21N7S/c1-12-9-19-16(20-14-8-13(2)22-25-14)21-15(12)23-10-17(11-23,4-5-18)24-6-3-7-24/h8-9H,3-4,6-7,10-11H2,1-2H3,(H,19,20,21). The first-order chi connectivity index (χ1) is 12.1. The van der Waals surface area contributed by atoms with E-state index in [1.807, 2.05) is 26.1 Å². The molecular formula is C17H21N7S. The Labute approximate surface area is 151 Å². The number of nitrogens with one attached hydrogen (secondary N) is 1. The van der Waals surface area contributed by atoms with E-state index in [1.54, 1.807) is 0 Å². The molecule has 0 aromatic carbocycles. The summed E-state index contributed by atoms with van der Waals surface area (Å²) in [7, 11) is 0. The van der Waals surface area contributed by atoms with E-state index in [0.29, 0.717) is 12.4 Å². The Morgan fingerprint density at radius 3 is 2.76 bits per heavy atom. The second kappa shape index (κ2) is 6.24. The van der Waals surface area contributed by atoms with Crippen LogP contribution < -0.4 is 10.2 Å². The highest BCUT2D eigenvalue weighted by Gasteiger charge is 2.49. The first kappa shape index (κ1) is 16.2. The number of nitriles is 1. The maximum Gasteiger partial charge on any atom is 0.229 e. The van der Waals surface area contributed by atoms with E-state index in [-0.39, 0.29) is 5.54 Å². The lowest BCUT2D eigenvalue weighted by molar-refractivity contribution is 0.00991. The molecule has 1 N–H and O–H groups in total. The minimum absolute atomic E-state index is 0.00671. The van der Waals surface area contributed by atoms with E-state index < -0.39 is 0 Å². The van der Waals surface area contributed by atoms with Crippen LogP contribution in [0.25, 0.3) is 0 Å². The molecule has 130 valence electrons. The van der Waals surface area contributed by atoms with Crippen LogP contribution in [0.2, 0.25) is 0 Å². The van der Waals surface area contributed by atoms with Gasteiger partial charge in [0.1, 0.15) is 10.8 Å². The minimum atomic E-state index is 0.00671. The number of hydrogen-bond donors (Lipinski definition) is 1. The Morgan fingerprint density at radius 2 is 2.16 bits per heavy atom. The summed E-state index contributed by atoms with van der Waals surface area (Å²) in [6.45, 7) is 7.93. The lowest BCUT2D eigenvalue weighted by Crippen LogP contribution is -2.73. The largest absolute Gasteiger partial charge is 0.352 e. The van der Waals surface area contributed by atoms with Gasteiger partial charge in [-0.05, 0) is 37.9 Å². The Morgan fingerprint density at radius 1 is 1.36 bits per heavy atom. The van der Waals surface area contributed by atoms with Gasteiger partial charge in [-0.2, -0.15) is 14.6 Å². The van der Waals surface area contributed by atoms with Crippen molar-refractivity contribution in [3.63, 3.8) is 0 Å². The van der Waals surface area contributed by atoms with Crippen molar-refractivity contribution < 1.29 is 0 Å². The molecule has 4 heterocycles. The Balaban J connectivity index is 1.51. The van der Waals surface area contributed by atoms with Gasteiger partial charge in [0.05, 0.1) is 23.7 Å². The maximum atomic E-state index is 9.22. The van der Waals surface area contributed by atoms with Gasteiger partial charge in [0, 0.05) is 37.9 Å². The van der Waals surface area contributed by atoms with Gasteiger partial charge in [-0.3, -0.25) is 4.90 Å². The predicted molar refractivity (Wildman–Crippen MR) is 98.3 cm³/mol. The summed E-state index contributed by atoms with van der Waals surface area (Å²) in [5.41, 5.74) is 2.05. The number of anilines is 3. The molecule has 0 saturated carbocycles. The van der Waals surface area contributed by atoms with Crippen LogP contribution in [-0.2, 0) is 0 Å². The number of aromatic nitrogens is 3. The molecule has 2 aromatic rings. The van der Waals surface area contributed by atoms with Gasteiger partial charge < -0.3 is 10.2 Å². The molecule has 7 nitrogen and oxygen atoms in total. The zero-order valence-electron chi connectivity index (χ0n) is 14.5. The summed E-state index contributed by atoms with van der Waals surface area (Å²) in [4.78, 5) is 13.8. The number of rotatable bonds is 5. The van der Waals surface area contributed by atoms with E-state index in [0.717, 1.165) is 48.3 Å². The van der Waals surface area contributed by atoms with E-state index in [2.05, 4.69) is 30.5 Å². The van der Waals surface area contributed by atoms with E-state index in [1.165, 1.54) is 18.0 Å². The number of likely N-dealkylation sites (tertiary alicyclic amines) is 1. The van der Waals surface area contributed by atoms with Crippen molar-refractivity contribution in [2.75, 3.05) is 36.4 Å². The molecule has 2 aliphatic rings. The Bertz CT molecular complexity index is 815. The third kappa shape index (κ3) is 2.94. The van der Waals surface area contributed by atoms with Crippen LogP contribution in [0, 0.1) is 25.2 Å². The molecule has 25 heavy (non-hydrogen) atoms. The summed E-state index contributed by atoms with van der Waals surface area (Å²) in [5, 5.41) is 13.4. The van der Waals surface area contributed by atoms with Crippen molar-refractivity contribution in [3.8, 4) is 6.07 Å². The molecule has 2 fully saturated rings. The number of aryl methyl sites for hydroxylation is 2. The summed E-state index contributed by atoms with van der Waals surface area (Å²) in [6, 6.07) is 4.36. The quantitative estimate of drug-likeness (QED) is 0.882. The molecule has 8 heteroatoms. The monoisotopic (exact) mass is 355 g/mol. The summed E-state index contributed by atoms with van der Waals surface area (Å²) in [5.74, 6) is 1.54. The lowest BCUT2D eigenvalue weighted by Gasteiger charge is -2.58. The topological polar surface area (TPSA) is 81.0 Å². The zero-order valence-corrected chi connectivity index (χ0v) is 15.3. The van der Waals surface area contributed by atoms with Crippen molar-refractivity contribution >= 4 is 28.3 Å². The van der Waals surface area contributed by atoms with Crippen molar-refractivity contribution in [1.29, 1.82) is 5.26 Å². The molecule has 0 atom stereocenters. The Hall–Kier alpha value is -2.24. The van der Waals surface area contributed by atoms with Crippen LogP contribution in [0.1, 0.15) is 24.1 Å². The SMILES string of the molecule is Cc1cc(Nc2ncc(C)c(N3CC(CC#N)(N4CCC4)C3)n2)sn1. The van der Waals surface area contributed by atoms with Gasteiger partial charge >= 0.3 is 0 Å². The van der Waals surface area contributed by atoms with Crippen molar-refractivity contribution in [2.45, 2.75) is 32.2 Å². The lowest BCUT2D eigenvalue weighted by atomic mass is 9.82. The van der Waals surface area contributed by atoms with Crippen molar-refractivity contribution in [1.82, 2.24) is 19.2 Å². The normalized spacial score (nSPS) is 19.0. The summed E-state index contributed by atoms with van der Waals surface area (Å²) >= 11 is 1.41. The second-order valence-corrected chi connectivity index (χ2v) is 7.72. The average Bonchev–Trinajstić information content (AvgIpc) is 2.90. The smallest absolute Gasteiger partial charge is 0.229 e. The highest BCUT2D eigenvalue weighted by molar-refractivity contribution is 7.10. The second-order valence-electron chi connectivity index (χ2n) is 6.91. The van der Waals surface area contributed by atoms with Gasteiger partial charge in [0.15, 0.2) is 0 Å². The molecule has 0 amide bonds. The van der Waals surface area contributed by atoms with E-state index in [9.17, 15) is 5.26 Å². The van der Waals surface area contributed by atoms with Gasteiger partial charge in [-0.25, -0.2) is 4.98 Å². The van der Waals surface area contributed by atoms with Gasteiger partial charge in [0.2, 0.25) is 5.95 Å². The van der Waals surface area contributed by atoms with Crippen molar-refractivity contribution in [2.24, 2.45) is 0 Å². The first-order valence-electron chi connectivity index (χ1n) is 8.51. The fourth-order valence-corrected chi connectivity index (χ4v) is 4.18. The molecule has 0 aliphatic carbocycles. The van der Waals surface area contributed by atoms with Crippen molar-refractivity contribution in [3.05, 3.63) is 23.5 Å². The molecule has 0 bridgehead atoms. The van der Waals surface area contributed by atoms with Crippen LogP contribution in [0.3, 0.4) is 0 Å². The highest BCUT2D eigenvalue weighted by atomic mass is 32.1. The van der Waals surface area contributed by atoms with Crippen LogP contribution in [-0.4, -0.2) is 51.0 Å². The van der Waals surface area contributed by atoms with E-state index >= 15 is 0 Å². The van der Waals surface area contributed by atoms with Gasteiger partial charge in [-0.1, -0.05) is 0 Å². The van der Waals surface area contributed by atoms with Crippen LogP contribution in [0.4, 0.5) is 16.8 Å². The molecule has 0 unspecified atom stereocenters. The fourth-order valence-electron chi connectivity index (χ4n) is 3.52. The third-order valence-electron chi connectivity index (χ3n) is 5.01. The number of hydrogen-bond acceptors (Lipinski definition) is 8. The average molecular weight is 355 g/mol. The zero-order chi connectivity index (χ0) is 17.4. The predicted octanol–water partition coefficient (Wildman–Crippen LogP) is 2.47. The third-order valence-corrected chi connectivity index (χ3v) is 5.81. The molecule has 2 aliphatic heterocycles. The fraction of sp³-hybridized carbons (Fsp3) is 0.529. The molecule has 2 aromatic heterocycles. The summed E-state index contributed by atoms with van der Waals surface area (Å²) in [6.07, 6.45) is 3.67. The minimum Gasteiger partial charge on any atom is -0.352 e.